The molecule has 0 bridgehead atoms. The second-order valence-electron chi connectivity index (χ2n) is 6.35. The highest BCUT2D eigenvalue weighted by atomic mass is 16.1. The third kappa shape index (κ3) is 3.31. The normalized spacial score (nSPS) is 29.8. The standard InChI is InChI=1S/C15H27NO/c1-3-15(2)8-11-16(12-9-15)10-7-13-5-4-6-14(13)17/h13H,3-12H2,1-2H3. The van der Waals surface area contributed by atoms with Crippen LogP contribution in [0.2, 0.25) is 0 Å². The quantitative estimate of drug-likeness (QED) is 0.748. The lowest BCUT2D eigenvalue weighted by molar-refractivity contribution is -0.120. The van der Waals surface area contributed by atoms with Crippen LogP contribution in [-0.4, -0.2) is 30.3 Å². The first kappa shape index (κ1) is 13.1. The van der Waals surface area contributed by atoms with Crippen molar-refractivity contribution in [3.05, 3.63) is 0 Å². The Labute approximate surface area is 106 Å². The summed E-state index contributed by atoms with van der Waals surface area (Å²) in [4.78, 5) is 14.2. The molecule has 0 aromatic rings. The highest BCUT2D eigenvalue weighted by Crippen LogP contribution is 2.34. The van der Waals surface area contributed by atoms with Crippen molar-refractivity contribution in [1.29, 1.82) is 0 Å². The first-order valence-electron chi connectivity index (χ1n) is 7.38. The van der Waals surface area contributed by atoms with Crippen LogP contribution in [0.5, 0.6) is 0 Å². The van der Waals surface area contributed by atoms with Crippen LogP contribution < -0.4 is 0 Å². The van der Waals surface area contributed by atoms with E-state index in [0.29, 0.717) is 17.1 Å². The third-order valence-electron chi connectivity index (χ3n) is 5.14. The summed E-state index contributed by atoms with van der Waals surface area (Å²) >= 11 is 0. The van der Waals surface area contributed by atoms with Crippen molar-refractivity contribution in [1.82, 2.24) is 4.90 Å². The molecular weight excluding hydrogens is 210 g/mol. The Kier molecular flexibility index (Phi) is 4.24. The van der Waals surface area contributed by atoms with Gasteiger partial charge in [-0.1, -0.05) is 20.3 Å². The number of hydrogen-bond acceptors (Lipinski definition) is 2. The molecule has 0 aromatic carbocycles. The Morgan fingerprint density at radius 3 is 2.59 bits per heavy atom. The van der Waals surface area contributed by atoms with Crippen molar-refractivity contribution in [2.24, 2.45) is 11.3 Å². The molecule has 0 spiro atoms. The van der Waals surface area contributed by atoms with Gasteiger partial charge in [0.15, 0.2) is 0 Å². The van der Waals surface area contributed by atoms with E-state index in [-0.39, 0.29) is 0 Å². The van der Waals surface area contributed by atoms with Gasteiger partial charge in [0.05, 0.1) is 0 Å². The molecule has 17 heavy (non-hydrogen) atoms. The van der Waals surface area contributed by atoms with Crippen LogP contribution in [0, 0.1) is 11.3 Å². The Hall–Kier alpha value is -0.370. The Morgan fingerprint density at radius 1 is 1.35 bits per heavy atom. The monoisotopic (exact) mass is 237 g/mol. The molecule has 98 valence electrons. The van der Waals surface area contributed by atoms with Crippen molar-refractivity contribution in [3.8, 4) is 0 Å². The average molecular weight is 237 g/mol. The van der Waals surface area contributed by atoms with Crippen molar-refractivity contribution in [2.45, 2.75) is 58.8 Å². The fraction of sp³-hybridized carbons (Fsp3) is 0.933. The topological polar surface area (TPSA) is 20.3 Å². The van der Waals surface area contributed by atoms with Gasteiger partial charge in [0.1, 0.15) is 5.78 Å². The molecule has 0 N–H and O–H groups in total. The van der Waals surface area contributed by atoms with Gasteiger partial charge >= 0.3 is 0 Å². The number of Topliss-reactive ketones (excluding diaryl/α,β-unsaturated/α-hetero) is 1. The summed E-state index contributed by atoms with van der Waals surface area (Å²) in [6.45, 7) is 8.37. The summed E-state index contributed by atoms with van der Waals surface area (Å²) in [5.41, 5.74) is 0.583. The van der Waals surface area contributed by atoms with E-state index in [0.717, 1.165) is 32.2 Å². The molecule has 2 nitrogen and oxygen atoms in total. The molecular formula is C15H27NO. The second-order valence-corrected chi connectivity index (χ2v) is 6.35. The smallest absolute Gasteiger partial charge is 0.136 e. The Bertz CT molecular complexity index is 266. The highest BCUT2D eigenvalue weighted by molar-refractivity contribution is 5.82. The molecule has 1 aliphatic heterocycles. The maximum absolute atomic E-state index is 11.6. The molecule has 2 fully saturated rings. The zero-order valence-corrected chi connectivity index (χ0v) is 11.5. The minimum atomic E-state index is 0.398. The van der Waals surface area contributed by atoms with E-state index in [9.17, 15) is 4.79 Å². The first-order chi connectivity index (χ1) is 8.13. The molecule has 2 heteroatoms. The van der Waals surface area contributed by atoms with E-state index in [4.69, 9.17) is 0 Å². The van der Waals surface area contributed by atoms with E-state index in [1.807, 2.05) is 0 Å². The van der Waals surface area contributed by atoms with Gasteiger partial charge in [0, 0.05) is 12.3 Å². The summed E-state index contributed by atoms with van der Waals surface area (Å²) in [5, 5.41) is 0. The lowest BCUT2D eigenvalue weighted by atomic mass is 9.78. The van der Waals surface area contributed by atoms with E-state index >= 15 is 0 Å². The Balaban J connectivity index is 1.70. The number of rotatable bonds is 4. The molecule has 1 unspecified atom stereocenters. The number of carbonyl (C=O) groups excluding carboxylic acids is 1. The zero-order valence-electron chi connectivity index (χ0n) is 11.5. The summed E-state index contributed by atoms with van der Waals surface area (Å²) in [7, 11) is 0. The van der Waals surface area contributed by atoms with Gasteiger partial charge in [0.25, 0.3) is 0 Å². The third-order valence-corrected chi connectivity index (χ3v) is 5.14. The fourth-order valence-electron chi connectivity index (χ4n) is 3.20. The maximum atomic E-state index is 11.6. The summed E-state index contributed by atoms with van der Waals surface area (Å²) < 4.78 is 0. The summed E-state index contributed by atoms with van der Waals surface area (Å²) in [6, 6.07) is 0. The van der Waals surface area contributed by atoms with Crippen LogP contribution in [-0.2, 0) is 4.79 Å². The van der Waals surface area contributed by atoms with Crippen LogP contribution in [0.4, 0.5) is 0 Å². The van der Waals surface area contributed by atoms with Crippen molar-refractivity contribution >= 4 is 5.78 Å². The summed E-state index contributed by atoms with van der Waals surface area (Å²) in [6.07, 6.45) is 8.23. The van der Waals surface area contributed by atoms with Crippen LogP contribution in [0.1, 0.15) is 58.8 Å². The maximum Gasteiger partial charge on any atom is 0.136 e. The van der Waals surface area contributed by atoms with E-state index < -0.39 is 0 Å². The van der Waals surface area contributed by atoms with Crippen LogP contribution in [0.3, 0.4) is 0 Å². The number of piperidine rings is 1. The highest BCUT2D eigenvalue weighted by Gasteiger charge is 2.29. The average Bonchev–Trinajstić information content (AvgIpc) is 2.74. The molecule has 0 aromatic heterocycles. The van der Waals surface area contributed by atoms with Crippen molar-refractivity contribution in [2.75, 3.05) is 19.6 Å². The van der Waals surface area contributed by atoms with Crippen molar-refractivity contribution in [3.63, 3.8) is 0 Å². The number of hydrogen-bond donors (Lipinski definition) is 0. The predicted octanol–water partition coefficient (Wildman–Crippen LogP) is 3.26. The molecule has 1 aliphatic carbocycles. The van der Waals surface area contributed by atoms with E-state index in [1.165, 1.54) is 32.4 Å². The van der Waals surface area contributed by atoms with Crippen LogP contribution in [0.25, 0.3) is 0 Å². The van der Waals surface area contributed by atoms with Gasteiger partial charge in [-0.05, 0) is 57.2 Å². The fourth-order valence-corrected chi connectivity index (χ4v) is 3.20. The lowest BCUT2D eigenvalue weighted by Gasteiger charge is -2.39. The lowest BCUT2D eigenvalue weighted by Crippen LogP contribution is -2.39. The van der Waals surface area contributed by atoms with Gasteiger partial charge in [0.2, 0.25) is 0 Å². The predicted molar refractivity (Wildman–Crippen MR) is 71.0 cm³/mol. The second kappa shape index (κ2) is 5.51. The number of carbonyl (C=O) groups is 1. The van der Waals surface area contributed by atoms with Gasteiger partial charge in [-0.15, -0.1) is 0 Å². The van der Waals surface area contributed by atoms with Crippen LogP contribution >= 0.6 is 0 Å². The molecule has 2 rings (SSSR count). The van der Waals surface area contributed by atoms with Gasteiger partial charge in [-0.25, -0.2) is 0 Å². The number of likely N-dealkylation sites (tertiary alicyclic amines) is 1. The molecule has 0 radical (unpaired) electrons. The first-order valence-corrected chi connectivity index (χ1v) is 7.38. The molecule has 1 atom stereocenters. The SMILES string of the molecule is CCC1(C)CCN(CCC2CCCC2=O)CC1. The molecule has 0 amide bonds. The van der Waals surface area contributed by atoms with E-state index in [2.05, 4.69) is 18.7 Å². The molecule has 1 heterocycles. The number of ketones is 1. The zero-order chi connectivity index (χ0) is 12.3. The van der Waals surface area contributed by atoms with Crippen LogP contribution in [0.15, 0.2) is 0 Å². The Morgan fingerprint density at radius 2 is 2.06 bits per heavy atom. The van der Waals surface area contributed by atoms with Gasteiger partial charge in [-0.3, -0.25) is 4.79 Å². The van der Waals surface area contributed by atoms with E-state index in [1.54, 1.807) is 0 Å². The van der Waals surface area contributed by atoms with Gasteiger partial charge < -0.3 is 4.90 Å². The largest absolute Gasteiger partial charge is 0.303 e. The number of nitrogens with zero attached hydrogens (tertiary/aromatic N) is 1. The molecule has 2 aliphatic rings. The van der Waals surface area contributed by atoms with Crippen molar-refractivity contribution < 1.29 is 4.79 Å². The molecule has 1 saturated carbocycles. The molecule has 1 saturated heterocycles. The van der Waals surface area contributed by atoms with Gasteiger partial charge in [-0.2, -0.15) is 0 Å². The minimum Gasteiger partial charge on any atom is -0.303 e. The minimum absolute atomic E-state index is 0.398. The summed E-state index contributed by atoms with van der Waals surface area (Å²) in [5.74, 6) is 0.926.